The zero-order valence-electron chi connectivity index (χ0n) is 14.7. The van der Waals surface area contributed by atoms with Crippen molar-refractivity contribution in [3.05, 3.63) is 23.8 Å². The Morgan fingerprint density at radius 3 is 2.76 bits per heavy atom. The molecule has 3 rings (SSSR count). The van der Waals surface area contributed by atoms with Crippen molar-refractivity contribution < 1.29 is 17.9 Å². The number of sulfonamides is 1. The van der Waals surface area contributed by atoms with Gasteiger partial charge in [0, 0.05) is 38.6 Å². The Hall–Kier alpha value is -1.80. The highest BCUT2D eigenvalue weighted by Crippen LogP contribution is 2.29. The number of carbonyl (C=O) groups is 1. The van der Waals surface area contributed by atoms with Gasteiger partial charge in [0.2, 0.25) is 10.0 Å². The van der Waals surface area contributed by atoms with Gasteiger partial charge in [-0.25, -0.2) is 13.2 Å². The lowest BCUT2D eigenvalue weighted by atomic mass is 10.2. The van der Waals surface area contributed by atoms with Gasteiger partial charge < -0.3 is 15.0 Å². The van der Waals surface area contributed by atoms with Crippen LogP contribution in [0.25, 0.3) is 0 Å². The van der Waals surface area contributed by atoms with Gasteiger partial charge in [-0.05, 0) is 44.0 Å². The van der Waals surface area contributed by atoms with E-state index in [1.54, 1.807) is 23.1 Å². The van der Waals surface area contributed by atoms with Crippen LogP contribution < -0.4 is 10.1 Å². The molecule has 0 atom stereocenters. The Kier molecular flexibility index (Phi) is 5.19. The van der Waals surface area contributed by atoms with Gasteiger partial charge in [0.05, 0.1) is 11.5 Å². The van der Waals surface area contributed by atoms with Gasteiger partial charge in [-0.2, -0.15) is 4.31 Å². The van der Waals surface area contributed by atoms with Gasteiger partial charge in [-0.1, -0.05) is 0 Å². The number of nitrogens with zero attached hydrogens (tertiary/aromatic N) is 2. The van der Waals surface area contributed by atoms with Crippen molar-refractivity contribution in [1.29, 1.82) is 0 Å². The highest BCUT2D eigenvalue weighted by atomic mass is 32.2. The zero-order valence-corrected chi connectivity index (χ0v) is 15.5. The number of fused-ring (bicyclic) bond motifs is 1. The Balaban J connectivity index is 1.72. The Bertz CT molecular complexity index is 748. The highest BCUT2D eigenvalue weighted by Gasteiger charge is 2.29. The van der Waals surface area contributed by atoms with Crippen LogP contribution in [-0.4, -0.2) is 62.5 Å². The number of carbonyl (C=O) groups excluding carboxylic acids is 1. The number of nitrogens with one attached hydrogen (secondary N) is 1. The molecule has 0 saturated carbocycles. The molecule has 1 saturated heterocycles. The lowest BCUT2D eigenvalue weighted by Crippen LogP contribution is -2.44. The maximum Gasteiger partial charge on any atom is 0.317 e. The fraction of sp³-hybridized carbons (Fsp3) is 0.588. The van der Waals surface area contributed by atoms with E-state index in [1.807, 2.05) is 13.8 Å². The second kappa shape index (κ2) is 7.21. The zero-order chi connectivity index (χ0) is 18.0. The van der Waals surface area contributed by atoms with E-state index in [2.05, 4.69) is 5.32 Å². The monoisotopic (exact) mass is 367 g/mol. The molecule has 0 bridgehead atoms. The number of benzene rings is 1. The molecule has 0 spiro atoms. The largest absolute Gasteiger partial charge is 0.493 e. The molecule has 0 unspecified atom stereocenters. The summed E-state index contributed by atoms with van der Waals surface area (Å²) in [5.41, 5.74) is 0.939. The molecule has 138 valence electrons. The van der Waals surface area contributed by atoms with Crippen LogP contribution in [0.2, 0.25) is 0 Å². The van der Waals surface area contributed by atoms with E-state index in [1.165, 1.54) is 4.31 Å². The minimum Gasteiger partial charge on any atom is -0.493 e. The van der Waals surface area contributed by atoms with Crippen LogP contribution in [0.4, 0.5) is 4.79 Å². The molecule has 0 aromatic heterocycles. The predicted octanol–water partition coefficient (Wildman–Crippen LogP) is 1.44. The van der Waals surface area contributed by atoms with E-state index in [9.17, 15) is 13.2 Å². The second-order valence-corrected chi connectivity index (χ2v) is 8.65. The maximum absolute atomic E-state index is 13.0. The molecule has 1 fully saturated rings. The lowest BCUT2D eigenvalue weighted by molar-refractivity contribution is 0.198. The average molecular weight is 367 g/mol. The van der Waals surface area contributed by atoms with E-state index < -0.39 is 10.0 Å². The first-order chi connectivity index (χ1) is 11.9. The van der Waals surface area contributed by atoms with Crippen LogP contribution in [-0.2, 0) is 16.4 Å². The summed E-state index contributed by atoms with van der Waals surface area (Å²) in [6, 6.07) is 4.97. The molecule has 8 heteroatoms. The first kappa shape index (κ1) is 18.0. The minimum atomic E-state index is -3.56. The summed E-state index contributed by atoms with van der Waals surface area (Å²) in [6.45, 7) is 6.09. The molecule has 2 aliphatic rings. The van der Waals surface area contributed by atoms with Gasteiger partial charge in [-0.3, -0.25) is 0 Å². The number of hydrogen-bond donors (Lipinski definition) is 1. The van der Waals surface area contributed by atoms with Gasteiger partial charge in [0.1, 0.15) is 5.75 Å². The summed E-state index contributed by atoms with van der Waals surface area (Å²) in [4.78, 5) is 14.1. The van der Waals surface area contributed by atoms with Crippen molar-refractivity contribution >= 4 is 16.1 Å². The van der Waals surface area contributed by atoms with Crippen molar-refractivity contribution in [1.82, 2.24) is 14.5 Å². The van der Waals surface area contributed by atoms with Crippen LogP contribution in [0, 0.1) is 0 Å². The third kappa shape index (κ3) is 3.90. The van der Waals surface area contributed by atoms with Gasteiger partial charge >= 0.3 is 6.03 Å². The van der Waals surface area contributed by atoms with Crippen molar-refractivity contribution in [3.8, 4) is 5.75 Å². The van der Waals surface area contributed by atoms with E-state index in [0.29, 0.717) is 44.1 Å². The number of amides is 2. The van der Waals surface area contributed by atoms with Crippen molar-refractivity contribution in [2.75, 3.05) is 32.8 Å². The molecule has 2 aliphatic heterocycles. The van der Waals surface area contributed by atoms with E-state index in [-0.39, 0.29) is 12.1 Å². The maximum atomic E-state index is 13.0. The Morgan fingerprint density at radius 2 is 2.00 bits per heavy atom. The Labute approximate surface area is 149 Å². The molecule has 0 aliphatic carbocycles. The van der Waals surface area contributed by atoms with Crippen LogP contribution in [0.15, 0.2) is 23.1 Å². The highest BCUT2D eigenvalue weighted by molar-refractivity contribution is 7.89. The van der Waals surface area contributed by atoms with E-state index >= 15 is 0 Å². The Morgan fingerprint density at radius 1 is 1.20 bits per heavy atom. The first-order valence-corrected chi connectivity index (χ1v) is 10.1. The number of urea groups is 1. The molecule has 1 N–H and O–H groups in total. The van der Waals surface area contributed by atoms with Crippen molar-refractivity contribution in [3.63, 3.8) is 0 Å². The van der Waals surface area contributed by atoms with E-state index in [4.69, 9.17) is 4.74 Å². The smallest absolute Gasteiger partial charge is 0.317 e. The standard InChI is InChI=1S/C17H25N3O4S/c1-13(2)18-17(21)19-7-3-8-20(10-9-19)25(22,23)15-4-5-16-14(12-15)6-11-24-16/h4-5,12-13H,3,6-11H2,1-2H3,(H,18,21). The molecule has 1 aromatic rings. The summed E-state index contributed by atoms with van der Waals surface area (Å²) in [5, 5.41) is 2.86. The fourth-order valence-electron chi connectivity index (χ4n) is 3.15. The van der Waals surface area contributed by atoms with Gasteiger partial charge in [0.15, 0.2) is 0 Å². The number of rotatable bonds is 3. The van der Waals surface area contributed by atoms with Crippen LogP contribution >= 0.6 is 0 Å². The molecule has 2 amide bonds. The van der Waals surface area contributed by atoms with Crippen molar-refractivity contribution in [2.24, 2.45) is 0 Å². The SMILES string of the molecule is CC(C)NC(=O)N1CCCN(S(=O)(=O)c2ccc3c(c2)CCO3)CC1. The molecular formula is C17H25N3O4S. The second-order valence-electron chi connectivity index (χ2n) is 6.72. The fourth-order valence-corrected chi connectivity index (χ4v) is 4.67. The molecule has 1 aromatic carbocycles. The topological polar surface area (TPSA) is 79.0 Å². The van der Waals surface area contributed by atoms with Crippen LogP contribution in [0.1, 0.15) is 25.8 Å². The normalized spacial score (nSPS) is 18.6. The summed E-state index contributed by atoms with van der Waals surface area (Å²) < 4.78 is 32.8. The summed E-state index contributed by atoms with van der Waals surface area (Å²) in [7, 11) is -3.56. The quantitative estimate of drug-likeness (QED) is 0.877. The molecule has 0 radical (unpaired) electrons. The number of ether oxygens (including phenoxy) is 1. The van der Waals surface area contributed by atoms with Gasteiger partial charge in [-0.15, -0.1) is 0 Å². The van der Waals surface area contributed by atoms with E-state index in [0.717, 1.165) is 17.7 Å². The average Bonchev–Trinajstić information content (AvgIpc) is 2.87. The summed E-state index contributed by atoms with van der Waals surface area (Å²) in [6.07, 6.45) is 1.36. The molecule has 2 heterocycles. The molecule has 25 heavy (non-hydrogen) atoms. The molecule has 7 nitrogen and oxygen atoms in total. The lowest BCUT2D eigenvalue weighted by Gasteiger charge is -2.23. The minimum absolute atomic E-state index is 0.0595. The van der Waals surface area contributed by atoms with Gasteiger partial charge in [0.25, 0.3) is 0 Å². The number of hydrogen-bond acceptors (Lipinski definition) is 4. The molecular weight excluding hydrogens is 342 g/mol. The van der Waals surface area contributed by atoms with Crippen molar-refractivity contribution in [2.45, 2.75) is 37.6 Å². The predicted molar refractivity (Wildman–Crippen MR) is 94.3 cm³/mol. The van der Waals surface area contributed by atoms with Crippen LogP contribution in [0.5, 0.6) is 5.75 Å². The third-order valence-corrected chi connectivity index (χ3v) is 6.35. The summed E-state index contributed by atoms with van der Waals surface area (Å²) in [5.74, 6) is 0.770. The summed E-state index contributed by atoms with van der Waals surface area (Å²) >= 11 is 0. The van der Waals surface area contributed by atoms with Crippen LogP contribution in [0.3, 0.4) is 0 Å². The first-order valence-electron chi connectivity index (χ1n) is 8.69. The third-order valence-electron chi connectivity index (χ3n) is 4.45.